The fourth-order valence-electron chi connectivity index (χ4n) is 1.78. The second-order valence-corrected chi connectivity index (χ2v) is 4.83. The molecule has 2 aromatic heterocycles. The van der Waals surface area contributed by atoms with Crippen LogP contribution in [-0.4, -0.2) is 19.7 Å². The summed E-state index contributed by atoms with van der Waals surface area (Å²) >= 11 is 3.41. The van der Waals surface area contributed by atoms with Gasteiger partial charge >= 0.3 is 0 Å². The molecule has 90 valence electrons. The molecule has 18 heavy (non-hydrogen) atoms. The van der Waals surface area contributed by atoms with Crippen LogP contribution in [-0.2, 0) is 6.61 Å². The van der Waals surface area contributed by atoms with Gasteiger partial charge in [-0.3, -0.25) is 0 Å². The lowest BCUT2D eigenvalue weighted by Gasteiger charge is -2.01. The molecule has 0 spiro atoms. The smallest absolute Gasteiger partial charge is 0.153 e. The van der Waals surface area contributed by atoms with E-state index in [0.717, 1.165) is 21.4 Å². The van der Waals surface area contributed by atoms with Crippen LogP contribution in [0.1, 0.15) is 5.69 Å². The molecule has 0 radical (unpaired) electrons. The van der Waals surface area contributed by atoms with E-state index < -0.39 is 0 Å². The van der Waals surface area contributed by atoms with Crippen LogP contribution in [0, 0.1) is 0 Å². The fraction of sp³-hybridized carbons (Fsp3) is 0.0769. The van der Waals surface area contributed by atoms with Crippen LogP contribution in [0.2, 0.25) is 0 Å². The summed E-state index contributed by atoms with van der Waals surface area (Å²) in [7, 11) is 0. The average molecular weight is 304 g/mol. The first-order valence-electron chi connectivity index (χ1n) is 5.48. The zero-order valence-electron chi connectivity index (χ0n) is 9.42. The van der Waals surface area contributed by atoms with Gasteiger partial charge in [-0.15, -0.1) is 0 Å². The Kier molecular flexibility index (Phi) is 2.85. The normalized spacial score (nSPS) is 11.0. The van der Waals surface area contributed by atoms with Gasteiger partial charge in [0.15, 0.2) is 5.65 Å². The number of aromatic nitrogens is 3. The van der Waals surface area contributed by atoms with E-state index in [-0.39, 0.29) is 6.61 Å². The second-order valence-electron chi connectivity index (χ2n) is 3.92. The molecule has 0 bridgehead atoms. The maximum atomic E-state index is 9.05. The molecule has 0 aliphatic heterocycles. The molecule has 0 atom stereocenters. The van der Waals surface area contributed by atoms with E-state index >= 15 is 0 Å². The van der Waals surface area contributed by atoms with Crippen molar-refractivity contribution in [2.24, 2.45) is 0 Å². The van der Waals surface area contributed by atoms with Gasteiger partial charge in [0.1, 0.15) is 0 Å². The number of nitrogens with zero attached hydrogens (tertiary/aromatic N) is 3. The minimum absolute atomic E-state index is 0.0724. The molecule has 0 aliphatic rings. The Bertz CT molecular complexity index is 691. The lowest BCUT2D eigenvalue weighted by molar-refractivity contribution is 0.277. The van der Waals surface area contributed by atoms with Crippen molar-refractivity contribution < 1.29 is 5.11 Å². The molecule has 0 aliphatic carbocycles. The number of rotatable bonds is 2. The number of imidazole rings is 1. The monoisotopic (exact) mass is 303 g/mol. The molecule has 0 saturated carbocycles. The van der Waals surface area contributed by atoms with Gasteiger partial charge in [0, 0.05) is 10.0 Å². The summed E-state index contributed by atoms with van der Waals surface area (Å²) in [5, 5.41) is 13.5. The lowest BCUT2D eigenvalue weighted by atomic mass is 10.1. The second kappa shape index (κ2) is 4.51. The number of hydrogen-bond donors (Lipinski definition) is 1. The molecule has 4 nitrogen and oxygen atoms in total. The largest absolute Gasteiger partial charge is 0.390 e. The molecule has 5 heteroatoms. The highest BCUT2D eigenvalue weighted by molar-refractivity contribution is 9.10. The lowest BCUT2D eigenvalue weighted by Crippen LogP contribution is -1.92. The van der Waals surface area contributed by atoms with E-state index in [1.807, 2.05) is 36.4 Å². The van der Waals surface area contributed by atoms with Gasteiger partial charge in [0.25, 0.3) is 0 Å². The summed E-state index contributed by atoms with van der Waals surface area (Å²) in [6, 6.07) is 11.8. The van der Waals surface area contributed by atoms with Crippen molar-refractivity contribution in [2.45, 2.75) is 6.61 Å². The zero-order chi connectivity index (χ0) is 12.5. The van der Waals surface area contributed by atoms with Crippen molar-refractivity contribution in [3.05, 3.63) is 52.8 Å². The predicted octanol–water partition coefficient (Wildman–Crippen LogP) is 2.65. The summed E-state index contributed by atoms with van der Waals surface area (Å²) in [4.78, 5) is 4.22. The number of fused-ring (bicyclic) bond motifs is 1. The average Bonchev–Trinajstić information content (AvgIpc) is 2.81. The molecule has 3 rings (SSSR count). The Balaban J connectivity index is 2.09. The molecule has 0 amide bonds. The first-order chi connectivity index (χ1) is 8.76. The standard InChI is InChI=1S/C13H10BrN3O/c14-10-3-1-9(2-4-10)12-5-6-13-15-11(8-18)7-17(13)16-12/h1-7,18H,8H2. The van der Waals surface area contributed by atoms with E-state index in [1.165, 1.54) is 0 Å². The number of aliphatic hydroxyl groups is 1. The van der Waals surface area contributed by atoms with Crippen molar-refractivity contribution in [1.29, 1.82) is 0 Å². The maximum Gasteiger partial charge on any atom is 0.153 e. The van der Waals surface area contributed by atoms with E-state index in [2.05, 4.69) is 26.0 Å². The summed E-state index contributed by atoms with van der Waals surface area (Å²) in [5.41, 5.74) is 3.27. The van der Waals surface area contributed by atoms with Crippen LogP contribution in [0.25, 0.3) is 16.9 Å². The number of hydrogen-bond acceptors (Lipinski definition) is 3. The minimum atomic E-state index is -0.0724. The van der Waals surface area contributed by atoms with Crippen LogP contribution in [0.5, 0.6) is 0 Å². The molecular formula is C13H10BrN3O. The van der Waals surface area contributed by atoms with Crippen LogP contribution in [0.4, 0.5) is 0 Å². The van der Waals surface area contributed by atoms with Crippen LogP contribution < -0.4 is 0 Å². The summed E-state index contributed by atoms with van der Waals surface area (Å²) in [6.45, 7) is -0.0724. The molecular weight excluding hydrogens is 294 g/mol. The zero-order valence-corrected chi connectivity index (χ0v) is 11.0. The third kappa shape index (κ3) is 2.02. The number of aliphatic hydroxyl groups excluding tert-OH is 1. The number of benzene rings is 1. The van der Waals surface area contributed by atoms with E-state index in [9.17, 15) is 0 Å². The Labute approximate surface area is 112 Å². The Morgan fingerprint density at radius 2 is 1.89 bits per heavy atom. The topological polar surface area (TPSA) is 50.4 Å². The van der Waals surface area contributed by atoms with E-state index in [0.29, 0.717) is 5.69 Å². The fourth-order valence-corrected chi connectivity index (χ4v) is 2.05. The highest BCUT2D eigenvalue weighted by atomic mass is 79.9. The highest BCUT2D eigenvalue weighted by Gasteiger charge is 2.04. The molecule has 1 N–H and O–H groups in total. The third-order valence-electron chi connectivity index (χ3n) is 2.67. The first-order valence-corrected chi connectivity index (χ1v) is 6.28. The van der Waals surface area contributed by atoms with Gasteiger partial charge in [-0.05, 0) is 24.3 Å². The first kappa shape index (κ1) is 11.4. The summed E-state index contributed by atoms with van der Waals surface area (Å²) in [6.07, 6.45) is 1.73. The summed E-state index contributed by atoms with van der Waals surface area (Å²) in [5.74, 6) is 0. The van der Waals surface area contributed by atoms with Gasteiger partial charge in [-0.25, -0.2) is 9.50 Å². The quantitative estimate of drug-likeness (QED) is 0.792. The van der Waals surface area contributed by atoms with Crippen molar-refractivity contribution >= 4 is 21.6 Å². The van der Waals surface area contributed by atoms with Crippen molar-refractivity contribution in [3.63, 3.8) is 0 Å². The van der Waals surface area contributed by atoms with Gasteiger partial charge in [-0.1, -0.05) is 28.1 Å². The molecule has 3 aromatic rings. The molecule has 0 unspecified atom stereocenters. The Hall–Kier alpha value is -1.72. The highest BCUT2D eigenvalue weighted by Crippen LogP contribution is 2.20. The Morgan fingerprint density at radius 1 is 1.11 bits per heavy atom. The van der Waals surface area contributed by atoms with Gasteiger partial charge in [-0.2, -0.15) is 5.10 Å². The van der Waals surface area contributed by atoms with Gasteiger partial charge < -0.3 is 5.11 Å². The third-order valence-corrected chi connectivity index (χ3v) is 3.20. The van der Waals surface area contributed by atoms with Crippen LogP contribution in [0.15, 0.2) is 47.1 Å². The Morgan fingerprint density at radius 3 is 2.61 bits per heavy atom. The predicted molar refractivity (Wildman–Crippen MR) is 72.0 cm³/mol. The van der Waals surface area contributed by atoms with Crippen molar-refractivity contribution in [3.8, 4) is 11.3 Å². The SMILES string of the molecule is OCc1cn2nc(-c3ccc(Br)cc3)ccc2n1. The van der Waals surface area contributed by atoms with Gasteiger partial charge in [0.2, 0.25) is 0 Å². The van der Waals surface area contributed by atoms with Crippen molar-refractivity contribution in [2.75, 3.05) is 0 Å². The molecule has 0 fully saturated rings. The molecule has 2 heterocycles. The van der Waals surface area contributed by atoms with Crippen LogP contribution in [0.3, 0.4) is 0 Å². The van der Waals surface area contributed by atoms with E-state index in [1.54, 1.807) is 10.7 Å². The molecule has 0 saturated heterocycles. The maximum absolute atomic E-state index is 9.05. The van der Waals surface area contributed by atoms with Gasteiger partial charge in [0.05, 0.1) is 24.2 Å². The minimum Gasteiger partial charge on any atom is -0.390 e. The molecule has 1 aromatic carbocycles. The van der Waals surface area contributed by atoms with Crippen LogP contribution >= 0.6 is 15.9 Å². The number of halogens is 1. The summed E-state index contributed by atoms with van der Waals surface area (Å²) < 4.78 is 2.72. The van der Waals surface area contributed by atoms with E-state index in [4.69, 9.17) is 5.11 Å². The van der Waals surface area contributed by atoms with Crippen molar-refractivity contribution in [1.82, 2.24) is 14.6 Å².